The molecule has 0 aliphatic heterocycles. The van der Waals surface area contributed by atoms with Crippen LogP contribution in [0.3, 0.4) is 0 Å². The summed E-state index contributed by atoms with van der Waals surface area (Å²) in [6, 6.07) is 15.3. The van der Waals surface area contributed by atoms with Gasteiger partial charge >= 0.3 is 5.97 Å². The summed E-state index contributed by atoms with van der Waals surface area (Å²) >= 11 is 0. The Morgan fingerprint density at radius 2 is 1.89 bits per heavy atom. The van der Waals surface area contributed by atoms with Gasteiger partial charge in [0, 0.05) is 0 Å². The third-order valence-electron chi connectivity index (χ3n) is 2.89. The minimum absolute atomic E-state index is 0.356. The van der Waals surface area contributed by atoms with E-state index in [1.807, 2.05) is 43.3 Å². The van der Waals surface area contributed by atoms with Crippen molar-refractivity contribution in [1.82, 2.24) is 0 Å². The first-order valence-electron chi connectivity index (χ1n) is 5.80. The van der Waals surface area contributed by atoms with Crippen molar-refractivity contribution in [3.05, 3.63) is 59.7 Å². The van der Waals surface area contributed by atoms with Crippen LogP contribution < -0.4 is 0 Å². The highest BCUT2D eigenvalue weighted by atomic mass is 17.1. The molecule has 0 fully saturated rings. The van der Waals surface area contributed by atoms with Gasteiger partial charge < -0.3 is 0 Å². The summed E-state index contributed by atoms with van der Waals surface area (Å²) in [6.45, 7) is 2.02. The molecule has 0 unspecified atom stereocenters. The Bertz CT molecular complexity index is 547. The fourth-order valence-corrected chi connectivity index (χ4v) is 1.97. The molecule has 92 valence electrons. The van der Waals surface area contributed by atoms with E-state index >= 15 is 0 Å². The lowest BCUT2D eigenvalue weighted by Gasteiger charge is -2.09. The molecular weight excluding hydrogens is 228 g/mol. The summed E-state index contributed by atoms with van der Waals surface area (Å²) in [4.78, 5) is 15.0. The Kier molecular flexibility index (Phi) is 3.75. The molecule has 1 N–H and O–H groups in total. The number of aryl methyl sites for hydroxylation is 1. The zero-order valence-corrected chi connectivity index (χ0v) is 10.1. The van der Waals surface area contributed by atoms with Crippen LogP contribution in [-0.4, -0.2) is 11.2 Å². The first-order chi connectivity index (χ1) is 8.76. The van der Waals surface area contributed by atoms with E-state index in [9.17, 15) is 4.79 Å². The Morgan fingerprint density at radius 3 is 2.50 bits per heavy atom. The number of carbonyl (C=O) groups excluding carboxylic acids is 1. The van der Waals surface area contributed by atoms with E-state index < -0.39 is 5.97 Å². The van der Waals surface area contributed by atoms with Gasteiger partial charge in [0.05, 0.1) is 5.56 Å². The predicted octanol–water partition coefficient (Wildman–Crippen LogP) is 3.55. The van der Waals surface area contributed by atoms with Gasteiger partial charge in [0.2, 0.25) is 0 Å². The Balaban J connectivity index is 2.47. The average molecular weight is 242 g/mol. The number of rotatable bonds is 3. The Labute approximate surface area is 106 Å². The molecule has 2 aromatic rings. The van der Waals surface area contributed by atoms with E-state index in [4.69, 9.17) is 5.26 Å². The number of benzene rings is 2. The molecule has 2 rings (SSSR count). The van der Waals surface area contributed by atoms with Gasteiger partial charge in [0.1, 0.15) is 0 Å². The summed E-state index contributed by atoms with van der Waals surface area (Å²) in [7, 11) is 0. The second-order valence-electron chi connectivity index (χ2n) is 3.97. The van der Waals surface area contributed by atoms with Gasteiger partial charge in [0.25, 0.3) is 0 Å². The minimum Gasteiger partial charge on any atom is -0.296 e. The molecule has 0 atom stereocenters. The van der Waals surface area contributed by atoms with Crippen molar-refractivity contribution >= 4 is 5.97 Å². The van der Waals surface area contributed by atoms with Gasteiger partial charge in [-0.05, 0) is 35.2 Å². The minimum atomic E-state index is -0.732. The second-order valence-corrected chi connectivity index (χ2v) is 3.97. The first-order valence-corrected chi connectivity index (χ1v) is 5.80. The van der Waals surface area contributed by atoms with E-state index in [1.54, 1.807) is 12.1 Å². The molecular formula is C15H14O3. The molecule has 0 aromatic heterocycles. The molecule has 0 saturated heterocycles. The molecule has 2 aromatic carbocycles. The fourth-order valence-electron chi connectivity index (χ4n) is 1.97. The lowest BCUT2D eigenvalue weighted by Crippen LogP contribution is -2.02. The number of carbonyl (C=O) groups is 1. The highest BCUT2D eigenvalue weighted by Crippen LogP contribution is 2.25. The van der Waals surface area contributed by atoms with Crippen LogP contribution in [0.4, 0.5) is 0 Å². The SMILES string of the molecule is CCc1cc(C(=O)OO)ccc1-c1ccccc1. The van der Waals surface area contributed by atoms with Crippen LogP contribution in [0.5, 0.6) is 0 Å². The molecule has 18 heavy (non-hydrogen) atoms. The molecule has 0 aliphatic carbocycles. The van der Waals surface area contributed by atoms with Gasteiger partial charge in [-0.15, -0.1) is 0 Å². The van der Waals surface area contributed by atoms with Crippen LogP contribution in [0.25, 0.3) is 11.1 Å². The van der Waals surface area contributed by atoms with E-state index in [1.165, 1.54) is 0 Å². The van der Waals surface area contributed by atoms with E-state index in [2.05, 4.69) is 4.89 Å². The van der Waals surface area contributed by atoms with Crippen molar-refractivity contribution in [2.45, 2.75) is 13.3 Å². The summed E-state index contributed by atoms with van der Waals surface area (Å²) in [5.74, 6) is -0.732. The highest BCUT2D eigenvalue weighted by Gasteiger charge is 2.10. The Morgan fingerprint density at radius 1 is 1.17 bits per heavy atom. The average Bonchev–Trinajstić information content (AvgIpc) is 2.46. The van der Waals surface area contributed by atoms with Gasteiger partial charge in [0.15, 0.2) is 0 Å². The third-order valence-corrected chi connectivity index (χ3v) is 2.89. The molecule has 0 saturated carbocycles. The van der Waals surface area contributed by atoms with Crippen LogP contribution in [0.1, 0.15) is 22.8 Å². The van der Waals surface area contributed by atoms with Crippen molar-refractivity contribution in [3.63, 3.8) is 0 Å². The van der Waals surface area contributed by atoms with Crippen LogP contribution in [0.15, 0.2) is 48.5 Å². The zero-order valence-electron chi connectivity index (χ0n) is 10.1. The molecule has 0 spiro atoms. The van der Waals surface area contributed by atoms with Crippen molar-refractivity contribution < 1.29 is 14.9 Å². The lowest BCUT2D eigenvalue weighted by molar-refractivity contribution is -0.182. The normalized spacial score (nSPS) is 10.1. The lowest BCUT2D eigenvalue weighted by atomic mass is 9.96. The molecule has 0 heterocycles. The maximum absolute atomic E-state index is 11.3. The highest BCUT2D eigenvalue weighted by molar-refractivity contribution is 5.90. The third kappa shape index (κ3) is 2.41. The maximum Gasteiger partial charge on any atom is 0.372 e. The van der Waals surface area contributed by atoms with Crippen molar-refractivity contribution in [1.29, 1.82) is 0 Å². The van der Waals surface area contributed by atoms with E-state index in [-0.39, 0.29) is 0 Å². The topological polar surface area (TPSA) is 46.5 Å². The molecule has 0 amide bonds. The van der Waals surface area contributed by atoms with Crippen molar-refractivity contribution in [3.8, 4) is 11.1 Å². The van der Waals surface area contributed by atoms with Crippen LogP contribution in [0.2, 0.25) is 0 Å². The Hall–Kier alpha value is -2.13. The largest absolute Gasteiger partial charge is 0.372 e. The molecule has 3 nitrogen and oxygen atoms in total. The van der Waals surface area contributed by atoms with Crippen molar-refractivity contribution in [2.75, 3.05) is 0 Å². The zero-order chi connectivity index (χ0) is 13.0. The first kappa shape index (κ1) is 12.3. The summed E-state index contributed by atoms with van der Waals surface area (Å²) < 4.78 is 0. The fraction of sp³-hybridized carbons (Fsp3) is 0.133. The number of hydrogen-bond acceptors (Lipinski definition) is 3. The summed E-state index contributed by atoms with van der Waals surface area (Å²) in [5, 5.41) is 8.39. The predicted molar refractivity (Wildman–Crippen MR) is 69.3 cm³/mol. The van der Waals surface area contributed by atoms with Crippen LogP contribution in [0, 0.1) is 0 Å². The summed E-state index contributed by atoms with van der Waals surface area (Å²) in [5.41, 5.74) is 3.60. The maximum atomic E-state index is 11.3. The summed E-state index contributed by atoms with van der Waals surface area (Å²) in [6.07, 6.45) is 0.802. The number of hydrogen-bond donors (Lipinski definition) is 1. The quantitative estimate of drug-likeness (QED) is 0.661. The molecule has 3 heteroatoms. The van der Waals surface area contributed by atoms with Gasteiger partial charge in [-0.3, -0.25) is 4.89 Å². The van der Waals surface area contributed by atoms with Crippen molar-refractivity contribution in [2.24, 2.45) is 0 Å². The molecule has 0 bridgehead atoms. The van der Waals surface area contributed by atoms with Gasteiger partial charge in [-0.25, -0.2) is 4.79 Å². The monoisotopic (exact) mass is 242 g/mol. The smallest absolute Gasteiger partial charge is 0.296 e. The van der Waals surface area contributed by atoms with Gasteiger partial charge in [-0.2, -0.15) is 5.26 Å². The van der Waals surface area contributed by atoms with Gasteiger partial charge in [-0.1, -0.05) is 43.3 Å². The van der Waals surface area contributed by atoms with Crippen LogP contribution >= 0.6 is 0 Å². The molecule has 0 radical (unpaired) electrons. The van der Waals surface area contributed by atoms with E-state index in [0.717, 1.165) is 23.1 Å². The van der Waals surface area contributed by atoms with E-state index in [0.29, 0.717) is 5.56 Å². The second kappa shape index (κ2) is 5.47. The van der Waals surface area contributed by atoms with Crippen LogP contribution in [-0.2, 0) is 11.3 Å². The standard InChI is InChI=1S/C15H14O3/c1-2-11-10-13(15(16)18-17)8-9-14(11)12-6-4-3-5-7-12/h3-10,17H,2H2,1H3. The molecule has 0 aliphatic rings.